The summed E-state index contributed by atoms with van der Waals surface area (Å²) < 4.78 is 18.4. The third kappa shape index (κ3) is 3.45. The molecule has 0 bridgehead atoms. The molecule has 1 saturated carbocycles. The van der Waals surface area contributed by atoms with Gasteiger partial charge in [-0.05, 0) is 30.5 Å². The van der Waals surface area contributed by atoms with Crippen molar-refractivity contribution >= 4 is 0 Å². The van der Waals surface area contributed by atoms with Gasteiger partial charge in [-0.3, -0.25) is 0 Å². The monoisotopic (exact) mass is 267 g/mol. The minimum atomic E-state index is -0.334. The summed E-state index contributed by atoms with van der Waals surface area (Å²) in [6.07, 6.45) is 4.54. The third-order valence-electron chi connectivity index (χ3n) is 4.04. The van der Waals surface area contributed by atoms with E-state index in [1.807, 2.05) is 6.07 Å². The van der Waals surface area contributed by atoms with Gasteiger partial charge in [0.15, 0.2) is 11.6 Å². The van der Waals surface area contributed by atoms with Gasteiger partial charge in [0.25, 0.3) is 0 Å². The molecule has 0 heterocycles. The summed E-state index contributed by atoms with van der Waals surface area (Å²) in [6, 6.07) is 4.99. The Kier molecular flexibility index (Phi) is 4.77. The Morgan fingerprint density at radius 3 is 2.68 bits per heavy atom. The van der Waals surface area contributed by atoms with Gasteiger partial charge in [0.1, 0.15) is 0 Å². The van der Waals surface area contributed by atoms with E-state index in [2.05, 4.69) is 5.32 Å². The Morgan fingerprint density at radius 1 is 1.37 bits per heavy atom. The molecule has 0 saturated heterocycles. The maximum absolute atomic E-state index is 13.5. The molecule has 2 N–H and O–H groups in total. The molecule has 4 heteroatoms. The molecular formula is C15H22FNO2. The smallest absolute Gasteiger partial charge is 0.165 e. The van der Waals surface area contributed by atoms with Crippen molar-refractivity contribution in [2.75, 3.05) is 20.3 Å². The SMILES string of the molecule is COc1ccc(CNCC2(CO)CCCC2)cc1F. The molecule has 0 aromatic heterocycles. The lowest BCUT2D eigenvalue weighted by Gasteiger charge is -2.26. The average Bonchev–Trinajstić information content (AvgIpc) is 2.88. The van der Waals surface area contributed by atoms with Crippen molar-refractivity contribution in [3.63, 3.8) is 0 Å². The largest absolute Gasteiger partial charge is 0.494 e. The van der Waals surface area contributed by atoms with Crippen LogP contribution < -0.4 is 10.1 Å². The average molecular weight is 267 g/mol. The fourth-order valence-electron chi connectivity index (χ4n) is 2.81. The van der Waals surface area contributed by atoms with Crippen molar-refractivity contribution < 1.29 is 14.2 Å². The van der Waals surface area contributed by atoms with Gasteiger partial charge < -0.3 is 15.2 Å². The molecule has 1 aliphatic carbocycles. The van der Waals surface area contributed by atoms with Gasteiger partial charge in [-0.2, -0.15) is 0 Å². The van der Waals surface area contributed by atoms with Crippen molar-refractivity contribution in [1.82, 2.24) is 5.32 Å². The fraction of sp³-hybridized carbons (Fsp3) is 0.600. The molecule has 3 nitrogen and oxygen atoms in total. The number of methoxy groups -OCH3 is 1. The molecule has 1 aromatic rings. The summed E-state index contributed by atoms with van der Waals surface area (Å²) in [6.45, 7) is 1.64. The van der Waals surface area contributed by atoms with E-state index in [0.717, 1.165) is 24.9 Å². The second kappa shape index (κ2) is 6.35. The first kappa shape index (κ1) is 14.3. The summed E-state index contributed by atoms with van der Waals surface area (Å²) in [4.78, 5) is 0. The first-order valence-electron chi connectivity index (χ1n) is 6.83. The number of hydrogen-bond donors (Lipinski definition) is 2. The summed E-state index contributed by atoms with van der Waals surface area (Å²) >= 11 is 0. The molecule has 0 spiro atoms. The lowest BCUT2D eigenvalue weighted by Crippen LogP contribution is -2.34. The lowest BCUT2D eigenvalue weighted by atomic mass is 9.87. The lowest BCUT2D eigenvalue weighted by molar-refractivity contribution is 0.128. The highest BCUT2D eigenvalue weighted by Gasteiger charge is 2.32. The summed E-state index contributed by atoms with van der Waals surface area (Å²) in [5.74, 6) is -0.0640. The summed E-state index contributed by atoms with van der Waals surface area (Å²) in [7, 11) is 1.46. The second-order valence-electron chi connectivity index (χ2n) is 5.44. The fourth-order valence-corrected chi connectivity index (χ4v) is 2.81. The van der Waals surface area contributed by atoms with Crippen LogP contribution in [0, 0.1) is 11.2 Å². The molecule has 0 unspecified atom stereocenters. The number of benzene rings is 1. The predicted octanol–water partition coefficient (Wildman–Crippen LogP) is 2.48. The number of ether oxygens (including phenoxy) is 1. The molecule has 0 aliphatic heterocycles. The van der Waals surface area contributed by atoms with Crippen LogP contribution in [0.5, 0.6) is 5.75 Å². The van der Waals surface area contributed by atoms with E-state index in [4.69, 9.17) is 4.74 Å². The van der Waals surface area contributed by atoms with Gasteiger partial charge in [0.05, 0.1) is 7.11 Å². The zero-order valence-corrected chi connectivity index (χ0v) is 11.4. The number of nitrogens with one attached hydrogen (secondary N) is 1. The van der Waals surface area contributed by atoms with Gasteiger partial charge >= 0.3 is 0 Å². The highest BCUT2D eigenvalue weighted by molar-refractivity contribution is 5.29. The van der Waals surface area contributed by atoms with Gasteiger partial charge in [0.2, 0.25) is 0 Å². The van der Waals surface area contributed by atoms with Crippen molar-refractivity contribution in [3.8, 4) is 5.75 Å². The van der Waals surface area contributed by atoms with Crippen molar-refractivity contribution in [2.45, 2.75) is 32.2 Å². The van der Waals surface area contributed by atoms with Crippen molar-refractivity contribution in [3.05, 3.63) is 29.6 Å². The normalized spacial score (nSPS) is 17.6. The third-order valence-corrected chi connectivity index (χ3v) is 4.04. The van der Waals surface area contributed by atoms with Crippen LogP contribution in [0.3, 0.4) is 0 Å². The zero-order chi connectivity index (χ0) is 13.7. The number of aliphatic hydroxyl groups excluding tert-OH is 1. The number of rotatable bonds is 6. The minimum Gasteiger partial charge on any atom is -0.494 e. The molecule has 1 aliphatic rings. The molecule has 1 fully saturated rings. The highest BCUT2D eigenvalue weighted by Crippen LogP contribution is 2.36. The molecular weight excluding hydrogens is 245 g/mol. The molecule has 106 valence electrons. The van der Waals surface area contributed by atoms with Crippen molar-refractivity contribution in [2.24, 2.45) is 5.41 Å². The van der Waals surface area contributed by atoms with E-state index in [9.17, 15) is 9.50 Å². The Hall–Kier alpha value is -1.13. The first-order chi connectivity index (χ1) is 9.19. The Morgan fingerprint density at radius 2 is 2.11 bits per heavy atom. The standard InChI is InChI=1S/C15H22FNO2/c1-19-14-5-4-12(8-13(14)16)9-17-10-15(11-18)6-2-3-7-15/h4-5,8,17-18H,2-3,6-7,9-11H2,1H3. The van der Waals surface area contributed by atoms with Gasteiger partial charge in [-0.15, -0.1) is 0 Å². The van der Waals surface area contributed by atoms with Crippen LogP contribution in [0.2, 0.25) is 0 Å². The van der Waals surface area contributed by atoms with Crippen LogP contribution in [0.1, 0.15) is 31.2 Å². The van der Waals surface area contributed by atoms with Gasteiger partial charge in [0, 0.05) is 25.1 Å². The van der Waals surface area contributed by atoms with Crippen LogP contribution in [-0.2, 0) is 6.54 Å². The summed E-state index contributed by atoms with van der Waals surface area (Å²) in [5, 5.41) is 12.8. The Labute approximate surface area is 113 Å². The van der Waals surface area contributed by atoms with E-state index in [1.54, 1.807) is 6.07 Å². The molecule has 0 radical (unpaired) electrons. The summed E-state index contributed by atoms with van der Waals surface area (Å²) in [5.41, 5.74) is 0.926. The van der Waals surface area contributed by atoms with E-state index in [-0.39, 0.29) is 23.6 Å². The second-order valence-corrected chi connectivity index (χ2v) is 5.44. The first-order valence-corrected chi connectivity index (χ1v) is 6.83. The van der Waals surface area contributed by atoms with Crippen LogP contribution >= 0.6 is 0 Å². The number of hydrogen-bond acceptors (Lipinski definition) is 3. The highest BCUT2D eigenvalue weighted by atomic mass is 19.1. The Bertz CT molecular complexity index is 417. The zero-order valence-electron chi connectivity index (χ0n) is 11.4. The van der Waals surface area contributed by atoms with Crippen LogP contribution in [0.25, 0.3) is 0 Å². The molecule has 19 heavy (non-hydrogen) atoms. The topological polar surface area (TPSA) is 41.5 Å². The molecule has 2 rings (SSSR count). The van der Waals surface area contributed by atoms with E-state index < -0.39 is 0 Å². The number of aliphatic hydroxyl groups is 1. The van der Waals surface area contributed by atoms with E-state index >= 15 is 0 Å². The molecule has 0 atom stereocenters. The molecule has 1 aromatic carbocycles. The van der Waals surface area contributed by atoms with Crippen LogP contribution in [-0.4, -0.2) is 25.4 Å². The van der Waals surface area contributed by atoms with Gasteiger partial charge in [-0.25, -0.2) is 4.39 Å². The predicted molar refractivity (Wildman–Crippen MR) is 72.6 cm³/mol. The van der Waals surface area contributed by atoms with E-state index in [1.165, 1.54) is 26.0 Å². The quantitative estimate of drug-likeness (QED) is 0.832. The minimum absolute atomic E-state index is 0.0328. The number of halogens is 1. The van der Waals surface area contributed by atoms with Crippen LogP contribution in [0.4, 0.5) is 4.39 Å². The Balaban J connectivity index is 1.87. The van der Waals surface area contributed by atoms with Gasteiger partial charge in [-0.1, -0.05) is 18.9 Å². The van der Waals surface area contributed by atoms with Crippen LogP contribution in [0.15, 0.2) is 18.2 Å². The molecule has 0 amide bonds. The maximum atomic E-state index is 13.5. The maximum Gasteiger partial charge on any atom is 0.165 e. The van der Waals surface area contributed by atoms with E-state index in [0.29, 0.717) is 6.54 Å². The van der Waals surface area contributed by atoms with Crippen molar-refractivity contribution in [1.29, 1.82) is 0 Å².